The van der Waals surface area contributed by atoms with Gasteiger partial charge in [0.05, 0.1) is 11.4 Å². The number of imidazole rings is 1. The summed E-state index contributed by atoms with van der Waals surface area (Å²) in [5.74, 6) is 0.881. The second kappa shape index (κ2) is 5.64. The lowest BCUT2D eigenvalue weighted by Gasteiger charge is -2.11. The third-order valence-electron chi connectivity index (χ3n) is 3.15. The van der Waals surface area contributed by atoms with Crippen LogP contribution >= 0.6 is 0 Å². The van der Waals surface area contributed by atoms with Crippen LogP contribution in [-0.4, -0.2) is 25.0 Å². The van der Waals surface area contributed by atoms with E-state index in [1.54, 1.807) is 24.4 Å². The first-order chi connectivity index (χ1) is 9.44. The van der Waals surface area contributed by atoms with Crippen molar-refractivity contribution in [2.45, 2.75) is 18.4 Å². The largest absolute Gasteiger partial charge is 0.378 e. The highest BCUT2D eigenvalue weighted by Gasteiger charge is 2.13. The Morgan fingerprint density at radius 3 is 2.70 bits per heavy atom. The summed E-state index contributed by atoms with van der Waals surface area (Å²) in [4.78, 5) is 4.46. The highest BCUT2D eigenvalue weighted by Crippen LogP contribution is 2.20. The van der Waals surface area contributed by atoms with Gasteiger partial charge in [-0.2, -0.15) is 0 Å². The number of anilines is 1. The molecule has 20 heavy (non-hydrogen) atoms. The standard InChI is InChI=1S/C13H18N4O2S/c1-10-4-5-11(20(18,19)14-2)8-12(10)16-9-13-15-6-7-17(13)3/h4-8,14,16H,9H2,1-3H3. The number of rotatable bonds is 5. The highest BCUT2D eigenvalue weighted by atomic mass is 32.2. The van der Waals surface area contributed by atoms with E-state index >= 15 is 0 Å². The van der Waals surface area contributed by atoms with E-state index in [2.05, 4.69) is 15.0 Å². The van der Waals surface area contributed by atoms with E-state index < -0.39 is 10.0 Å². The molecule has 2 aromatic rings. The van der Waals surface area contributed by atoms with Crippen molar-refractivity contribution in [1.29, 1.82) is 0 Å². The molecule has 7 heteroatoms. The van der Waals surface area contributed by atoms with Crippen LogP contribution in [0.1, 0.15) is 11.4 Å². The monoisotopic (exact) mass is 294 g/mol. The molecule has 1 aromatic carbocycles. The Balaban J connectivity index is 2.24. The van der Waals surface area contributed by atoms with Crippen LogP contribution in [0.3, 0.4) is 0 Å². The zero-order valence-electron chi connectivity index (χ0n) is 11.7. The van der Waals surface area contributed by atoms with E-state index in [1.807, 2.05) is 24.7 Å². The van der Waals surface area contributed by atoms with Crippen molar-refractivity contribution in [2.75, 3.05) is 12.4 Å². The number of nitrogens with one attached hydrogen (secondary N) is 2. The van der Waals surface area contributed by atoms with Gasteiger partial charge >= 0.3 is 0 Å². The van der Waals surface area contributed by atoms with Gasteiger partial charge in [-0.25, -0.2) is 18.1 Å². The summed E-state index contributed by atoms with van der Waals surface area (Å²) in [6, 6.07) is 5.00. The first-order valence-electron chi connectivity index (χ1n) is 6.18. The third-order valence-corrected chi connectivity index (χ3v) is 4.56. The number of sulfonamides is 1. The molecule has 0 radical (unpaired) electrons. The SMILES string of the molecule is CNS(=O)(=O)c1ccc(C)c(NCc2nccn2C)c1. The van der Waals surface area contributed by atoms with Gasteiger partial charge in [0.2, 0.25) is 10.0 Å². The molecule has 0 saturated heterocycles. The number of hydrogen-bond acceptors (Lipinski definition) is 4. The highest BCUT2D eigenvalue weighted by molar-refractivity contribution is 7.89. The second-order valence-electron chi connectivity index (χ2n) is 4.49. The van der Waals surface area contributed by atoms with Crippen molar-refractivity contribution in [3.05, 3.63) is 42.0 Å². The topological polar surface area (TPSA) is 76.0 Å². The normalized spacial score (nSPS) is 11.6. The lowest BCUT2D eigenvalue weighted by Crippen LogP contribution is -2.18. The summed E-state index contributed by atoms with van der Waals surface area (Å²) in [6.07, 6.45) is 3.59. The number of aromatic nitrogens is 2. The van der Waals surface area contributed by atoms with E-state index in [9.17, 15) is 8.42 Å². The van der Waals surface area contributed by atoms with Gasteiger partial charge in [-0.3, -0.25) is 0 Å². The van der Waals surface area contributed by atoms with Crippen molar-refractivity contribution in [1.82, 2.24) is 14.3 Å². The van der Waals surface area contributed by atoms with Crippen LogP contribution in [0.5, 0.6) is 0 Å². The molecule has 0 saturated carbocycles. The molecular formula is C13H18N4O2S. The van der Waals surface area contributed by atoms with Gasteiger partial charge in [-0.15, -0.1) is 0 Å². The average Bonchev–Trinajstić information content (AvgIpc) is 2.83. The quantitative estimate of drug-likeness (QED) is 0.870. The van der Waals surface area contributed by atoms with E-state index in [1.165, 1.54) is 7.05 Å². The minimum Gasteiger partial charge on any atom is -0.378 e. The Bertz CT molecular complexity index is 707. The fourth-order valence-electron chi connectivity index (χ4n) is 1.82. The molecule has 0 fully saturated rings. The first kappa shape index (κ1) is 14.5. The van der Waals surface area contributed by atoms with Crippen LogP contribution in [0.2, 0.25) is 0 Å². The number of aryl methyl sites for hydroxylation is 2. The van der Waals surface area contributed by atoms with Crippen molar-refractivity contribution in [2.24, 2.45) is 7.05 Å². The molecule has 0 aliphatic rings. The molecule has 6 nitrogen and oxygen atoms in total. The molecular weight excluding hydrogens is 276 g/mol. The minimum absolute atomic E-state index is 0.243. The van der Waals surface area contributed by atoms with E-state index in [-0.39, 0.29) is 4.90 Å². The van der Waals surface area contributed by atoms with Crippen molar-refractivity contribution < 1.29 is 8.42 Å². The number of nitrogens with zero attached hydrogens (tertiary/aromatic N) is 2. The molecule has 108 valence electrons. The van der Waals surface area contributed by atoms with Crippen LogP contribution < -0.4 is 10.0 Å². The molecule has 2 rings (SSSR count). The zero-order valence-corrected chi connectivity index (χ0v) is 12.5. The maximum absolute atomic E-state index is 11.8. The smallest absolute Gasteiger partial charge is 0.240 e. The Kier molecular flexibility index (Phi) is 4.10. The Hall–Kier alpha value is -1.86. The molecule has 1 heterocycles. The third kappa shape index (κ3) is 3.00. The maximum Gasteiger partial charge on any atom is 0.240 e. The Morgan fingerprint density at radius 1 is 1.35 bits per heavy atom. The van der Waals surface area contributed by atoms with Gasteiger partial charge < -0.3 is 9.88 Å². The molecule has 1 aromatic heterocycles. The van der Waals surface area contributed by atoms with Crippen LogP contribution in [0.25, 0.3) is 0 Å². The van der Waals surface area contributed by atoms with Crippen molar-refractivity contribution >= 4 is 15.7 Å². The number of benzene rings is 1. The Morgan fingerprint density at radius 2 is 2.10 bits per heavy atom. The zero-order chi connectivity index (χ0) is 14.8. The fraction of sp³-hybridized carbons (Fsp3) is 0.308. The summed E-state index contributed by atoms with van der Waals surface area (Å²) < 4.78 is 27.8. The average molecular weight is 294 g/mol. The molecule has 0 aliphatic heterocycles. The molecule has 2 N–H and O–H groups in total. The summed E-state index contributed by atoms with van der Waals surface area (Å²) in [5.41, 5.74) is 1.76. The predicted octanol–water partition coefficient (Wildman–Crippen LogP) is 1.25. The van der Waals surface area contributed by atoms with E-state index in [0.29, 0.717) is 6.54 Å². The lowest BCUT2D eigenvalue weighted by atomic mass is 10.2. The summed E-state index contributed by atoms with van der Waals surface area (Å²) in [7, 11) is -0.114. The molecule has 0 spiro atoms. The van der Waals surface area contributed by atoms with E-state index in [0.717, 1.165) is 17.1 Å². The number of hydrogen-bond donors (Lipinski definition) is 2. The molecule has 0 bridgehead atoms. The molecule has 0 aliphatic carbocycles. The summed E-state index contributed by atoms with van der Waals surface area (Å²) >= 11 is 0. The van der Waals surface area contributed by atoms with Crippen LogP contribution in [0, 0.1) is 6.92 Å². The molecule has 0 amide bonds. The molecule has 0 unspecified atom stereocenters. The van der Waals surface area contributed by atoms with E-state index in [4.69, 9.17) is 0 Å². The lowest BCUT2D eigenvalue weighted by molar-refractivity contribution is 0.588. The fourth-order valence-corrected chi connectivity index (χ4v) is 2.57. The van der Waals surface area contributed by atoms with Gasteiger partial charge in [0.25, 0.3) is 0 Å². The van der Waals surface area contributed by atoms with Gasteiger partial charge in [0, 0.05) is 25.1 Å². The van der Waals surface area contributed by atoms with Gasteiger partial charge in [0.1, 0.15) is 5.82 Å². The summed E-state index contributed by atoms with van der Waals surface area (Å²) in [6.45, 7) is 2.46. The van der Waals surface area contributed by atoms with Gasteiger partial charge in [-0.1, -0.05) is 6.07 Å². The van der Waals surface area contributed by atoms with Crippen molar-refractivity contribution in [3.63, 3.8) is 0 Å². The van der Waals surface area contributed by atoms with Gasteiger partial charge in [0.15, 0.2) is 0 Å². The van der Waals surface area contributed by atoms with Crippen LogP contribution in [0.15, 0.2) is 35.5 Å². The minimum atomic E-state index is -3.43. The predicted molar refractivity (Wildman–Crippen MR) is 78.0 cm³/mol. The molecule has 0 atom stereocenters. The first-order valence-corrected chi connectivity index (χ1v) is 7.66. The van der Waals surface area contributed by atoms with Crippen LogP contribution in [0.4, 0.5) is 5.69 Å². The van der Waals surface area contributed by atoms with Crippen LogP contribution in [-0.2, 0) is 23.6 Å². The second-order valence-corrected chi connectivity index (χ2v) is 6.38. The van der Waals surface area contributed by atoms with Gasteiger partial charge in [-0.05, 0) is 31.7 Å². The maximum atomic E-state index is 11.8. The summed E-state index contributed by atoms with van der Waals surface area (Å²) in [5, 5.41) is 3.22. The Labute approximate surface area is 118 Å². The van der Waals surface area contributed by atoms with Crippen molar-refractivity contribution in [3.8, 4) is 0 Å².